The minimum atomic E-state index is 0.0355. The van der Waals surface area contributed by atoms with Gasteiger partial charge in [-0.3, -0.25) is 19.5 Å². The number of aromatic nitrogens is 2. The molecule has 0 radical (unpaired) electrons. The topological polar surface area (TPSA) is 79.0 Å². The fourth-order valence-electron chi connectivity index (χ4n) is 4.33. The summed E-state index contributed by atoms with van der Waals surface area (Å²) in [4.78, 5) is 31.8. The van der Waals surface area contributed by atoms with Gasteiger partial charge in [0, 0.05) is 24.0 Å². The van der Waals surface area contributed by atoms with Crippen LogP contribution in [-0.2, 0) is 11.2 Å². The summed E-state index contributed by atoms with van der Waals surface area (Å²) in [6.07, 6.45) is 5.47. The molecule has 1 aliphatic heterocycles. The summed E-state index contributed by atoms with van der Waals surface area (Å²) >= 11 is 1.79. The molecule has 6 nitrogen and oxygen atoms in total. The Balaban J connectivity index is 1.83. The highest BCUT2D eigenvalue weighted by molar-refractivity contribution is 14.1. The SMILES string of the molecule is Cc1c(C(=O)CN2CCCCC2)c2ncc(CC(=O)I)cc2n1-c1ccc(C#N)cc1. The Morgan fingerprint density at radius 3 is 2.52 bits per heavy atom. The quantitative estimate of drug-likeness (QED) is 0.271. The second-order valence-electron chi connectivity index (χ2n) is 7.96. The number of likely N-dealkylation sites (tertiary alicyclic amines) is 1. The lowest BCUT2D eigenvalue weighted by Crippen LogP contribution is -2.34. The molecule has 31 heavy (non-hydrogen) atoms. The predicted molar refractivity (Wildman–Crippen MR) is 128 cm³/mol. The Morgan fingerprint density at radius 1 is 1.16 bits per heavy atom. The number of halogens is 1. The third-order valence-corrected chi connectivity index (χ3v) is 6.17. The molecule has 1 aliphatic rings. The summed E-state index contributed by atoms with van der Waals surface area (Å²) in [7, 11) is 0. The van der Waals surface area contributed by atoms with Crippen molar-refractivity contribution >= 4 is 43.2 Å². The molecule has 158 valence electrons. The van der Waals surface area contributed by atoms with E-state index >= 15 is 0 Å². The van der Waals surface area contributed by atoms with Crippen molar-refractivity contribution in [1.29, 1.82) is 5.26 Å². The molecule has 1 saturated heterocycles. The van der Waals surface area contributed by atoms with Gasteiger partial charge in [0.1, 0.15) is 0 Å². The van der Waals surface area contributed by atoms with Gasteiger partial charge in [-0.1, -0.05) is 6.42 Å². The maximum atomic E-state index is 13.4. The molecular weight excluding hydrogens is 503 g/mol. The maximum Gasteiger partial charge on any atom is 0.196 e. The van der Waals surface area contributed by atoms with Crippen molar-refractivity contribution in [2.75, 3.05) is 19.6 Å². The number of rotatable bonds is 6. The molecule has 4 rings (SSSR count). The zero-order chi connectivity index (χ0) is 22.0. The van der Waals surface area contributed by atoms with Crippen molar-refractivity contribution in [3.63, 3.8) is 0 Å². The molecule has 0 saturated carbocycles. The number of Topliss-reactive ketones (excluding diaryl/α,β-unsaturated/α-hetero) is 1. The van der Waals surface area contributed by atoms with E-state index in [1.807, 2.05) is 29.7 Å². The lowest BCUT2D eigenvalue weighted by molar-refractivity contribution is -0.108. The van der Waals surface area contributed by atoms with Crippen molar-refractivity contribution in [3.05, 3.63) is 58.9 Å². The highest BCUT2D eigenvalue weighted by atomic mass is 127. The first-order valence-electron chi connectivity index (χ1n) is 10.4. The normalized spacial score (nSPS) is 14.5. The van der Waals surface area contributed by atoms with Crippen LogP contribution < -0.4 is 0 Å². The van der Waals surface area contributed by atoms with E-state index in [2.05, 4.69) is 16.0 Å². The van der Waals surface area contributed by atoms with Gasteiger partial charge in [-0.2, -0.15) is 5.26 Å². The van der Waals surface area contributed by atoms with E-state index in [4.69, 9.17) is 5.26 Å². The highest BCUT2D eigenvalue weighted by Gasteiger charge is 2.24. The van der Waals surface area contributed by atoms with Gasteiger partial charge in [-0.15, -0.1) is 0 Å². The Morgan fingerprint density at radius 2 is 1.87 bits per heavy atom. The van der Waals surface area contributed by atoms with Crippen LogP contribution in [0.25, 0.3) is 16.7 Å². The first-order chi connectivity index (χ1) is 15.0. The van der Waals surface area contributed by atoms with Gasteiger partial charge in [0.2, 0.25) is 0 Å². The molecular formula is C24H23IN4O2. The van der Waals surface area contributed by atoms with Crippen LogP contribution in [0.15, 0.2) is 36.5 Å². The largest absolute Gasteiger partial charge is 0.312 e. The van der Waals surface area contributed by atoms with E-state index in [0.29, 0.717) is 23.2 Å². The Bertz CT molecular complexity index is 1180. The van der Waals surface area contributed by atoms with Gasteiger partial charge in [0.15, 0.2) is 9.57 Å². The standard InChI is InChI=1S/C24H23IN4O2/c1-16-23(21(30)15-28-9-3-2-4-10-28)24-20(11-18(14-27-24)12-22(25)31)29(16)19-7-5-17(13-26)6-8-19/h5-8,11,14H,2-4,9-10,12,15H2,1H3. The summed E-state index contributed by atoms with van der Waals surface area (Å²) < 4.78 is 2.04. The van der Waals surface area contributed by atoms with Crippen LogP contribution in [0.2, 0.25) is 0 Å². The molecule has 0 aliphatic carbocycles. The number of piperidine rings is 1. The minimum Gasteiger partial charge on any atom is -0.312 e. The fourth-order valence-corrected chi connectivity index (χ4v) is 4.77. The van der Waals surface area contributed by atoms with Crippen molar-refractivity contribution < 1.29 is 9.59 Å². The van der Waals surface area contributed by atoms with Crippen LogP contribution in [-0.4, -0.2) is 43.7 Å². The lowest BCUT2D eigenvalue weighted by Gasteiger charge is -2.25. The van der Waals surface area contributed by atoms with Gasteiger partial charge in [0.05, 0.1) is 34.8 Å². The number of benzene rings is 1. The zero-order valence-electron chi connectivity index (χ0n) is 17.4. The average Bonchev–Trinajstić information content (AvgIpc) is 3.05. The number of hydrogen-bond acceptors (Lipinski definition) is 5. The van der Waals surface area contributed by atoms with Gasteiger partial charge in [-0.05, 0) is 91.3 Å². The van der Waals surface area contributed by atoms with Crippen molar-refractivity contribution in [1.82, 2.24) is 14.5 Å². The first kappa shape index (κ1) is 21.7. The van der Waals surface area contributed by atoms with Gasteiger partial charge < -0.3 is 4.57 Å². The minimum absolute atomic E-state index is 0.0355. The van der Waals surface area contributed by atoms with E-state index in [0.717, 1.165) is 48.4 Å². The number of nitriles is 1. The monoisotopic (exact) mass is 526 g/mol. The molecule has 1 fully saturated rings. The van der Waals surface area contributed by atoms with E-state index < -0.39 is 0 Å². The second kappa shape index (κ2) is 9.28. The van der Waals surface area contributed by atoms with Crippen molar-refractivity contribution in [2.45, 2.75) is 32.6 Å². The van der Waals surface area contributed by atoms with Crippen LogP contribution in [0, 0.1) is 18.3 Å². The molecule has 0 bridgehead atoms. The summed E-state index contributed by atoms with van der Waals surface area (Å²) in [5.41, 5.74) is 5.18. The molecule has 7 heteroatoms. The molecule has 1 aromatic carbocycles. The smallest absolute Gasteiger partial charge is 0.196 e. The fraction of sp³-hybridized carbons (Fsp3) is 0.333. The highest BCUT2D eigenvalue weighted by Crippen LogP contribution is 2.30. The Hall–Kier alpha value is -2.57. The van der Waals surface area contributed by atoms with Crippen LogP contribution in [0.4, 0.5) is 0 Å². The van der Waals surface area contributed by atoms with Crippen molar-refractivity contribution in [3.8, 4) is 11.8 Å². The molecule has 2 aromatic heterocycles. The molecule has 3 aromatic rings. The Kier molecular flexibility index (Phi) is 6.49. The third kappa shape index (κ3) is 4.55. The summed E-state index contributed by atoms with van der Waals surface area (Å²) in [6.45, 7) is 4.23. The summed E-state index contributed by atoms with van der Waals surface area (Å²) in [5.74, 6) is 0.0713. The molecule has 0 amide bonds. The van der Waals surface area contributed by atoms with Crippen LogP contribution in [0.5, 0.6) is 0 Å². The number of ketones is 1. The van der Waals surface area contributed by atoms with Gasteiger partial charge in [-0.25, -0.2) is 0 Å². The first-order valence-corrected chi connectivity index (χ1v) is 11.5. The van der Waals surface area contributed by atoms with E-state index in [-0.39, 0.29) is 16.0 Å². The average molecular weight is 526 g/mol. The molecule has 0 N–H and O–H groups in total. The lowest BCUT2D eigenvalue weighted by atomic mass is 10.1. The predicted octanol–water partition coefficient (Wildman–Crippen LogP) is 4.38. The number of fused-ring (bicyclic) bond motifs is 1. The van der Waals surface area contributed by atoms with E-state index in [1.165, 1.54) is 6.42 Å². The molecule has 0 unspecified atom stereocenters. The van der Waals surface area contributed by atoms with Crippen LogP contribution >= 0.6 is 22.6 Å². The molecule has 0 atom stereocenters. The maximum absolute atomic E-state index is 13.4. The van der Waals surface area contributed by atoms with Crippen molar-refractivity contribution in [2.24, 2.45) is 0 Å². The van der Waals surface area contributed by atoms with E-state index in [9.17, 15) is 9.59 Å². The van der Waals surface area contributed by atoms with Gasteiger partial charge in [0.25, 0.3) is 0 Å². The van der Waals surface area contributed by atoms with Crippen LogP contribution in [0.3, 0.4) is 0 Å². The zero-order valence-corrected chi connectivity index (χ0v) is 19.6. The number of pyridine rings is 1. The number of hydrogen-bond donors (Lipinski definition) is 0. The second-order valence-corrected chi connectivity index (χ2v) is 9.16. The van der Waals surface area contributed by atoms with Crippen LogP contribution in [0.1, 0.15) is 46.4 Å². The molecule has 0 spiro atoms. The van der Waals surface area contributed by atoms with E-state index in [1.54, 1.807) is 40.9 Å². The van der Waals surface area contributed by atoms with Gasteiger partial charge >= 0.3 is 0 Å². The third-order valence-electron chi connectivity index (χ3n) is 5.79. The Labute approximate surface area is 195 Å². The summed E-state index contributed by atoms with van der Waals surface area (Å²) in [5, 5.41) is 9.13. The number of carbonyl (C=O) groups excluding carboxylic acids is 2. The number of nitrogens with zero attached hydrogens (tertiary/aromatic N) is 4. The molecule has 3 heterocycles. The summed E-state index contributed by atoms with van der Waals surface area (Å²) in [6, 6.07) is 11.4. The number of carbonyl (C=O) groups is 2.